The van der Waals surface area contributed by atoms with Crippen LogP contribution in [0, 0.1) is 27.7 Å². The minimum Gasteiger partial charge on any atom is -0.354 e. The first-order chi connectivity index (χ1) is 12.4. The molecule has 0 aliphatic rings. The van der Waals surface area contributed by atoms with E-state index in [2.05, 4.69) is 41.6 Å². The Balaban J connectivity index is 1.81. The highest BCUT2D eigenvalue weighted by atomic mass is 16.1. The van der Waals surface area contributed by atoms with Crippen LogP contribution in [0.15, 0.2) is 54.9 Å². The summed E-state index contributed by atoms with van der Waals surface area (Å²) in [6.07, 6.45) is 3.30. The maximum absolute atomic E-state index is 12.7. The highest BCUT2D eigenvalue weighted by Crippen LogP contribution is 2.23. The van der Waals surface area contributed by atoms with Crippen LogP contribution in [0.1, 0.15) is 32.6 Å². The molecule has 1 aromatic heterocycles. The number of carbonyl (C=O) groups is 1. The molecule has 0 aliphatic carbocycles. The summed E-state index contributed by atoms with van der Waals surface area (Å²) < 4.78 is 0. The van der Waals surface area contributed by atoms with Gasteiger partial charge in [0.1, 0.15) is 0 Å². The van der Waals surface area contributed by atoms with Gasteiger partial charge in [0.15, 0.2) is 0 Å². The predicted molar refractivity (Wildman–Crippen MR) is 107 cm³/mol. The number of pyridine rings is 1. The second-order valence-corrected chi connectivity index (χ2v) is 6.63. The zero-order chi connectivity index (χ0) is 18.7. The molecule has 1 heterocycles. The molecule has 3 rings (SSSR count). The maximum atomic E-state index is 12.7. The number of rotatable bonds is 4. The molecule has 4 heteroatoms. The number of aryl methyl sites for hydroxylation is 4. The third-order valence-electron chi connectivity index (χ3n) is 4.38. The van der Waals surface area contributed by atoms with Crippen LogP contribution in [0.2, 0.25) is 0 Å². The molecular weight excluding hydrogens is 322 g/mol. The van der Waals surface area contributed by atoms with Gasteiger partial charge >= 0.3 is 0 Å². The van der Waals surface area contributed by atoms with Crippen molar-refractivity contribution >= 4 is 23.0 Å². The molecule has 4 nitrogen and oxygen atoms in total. The van der Waals surface area contributed by atoms with Gasteiger partial charge in [0.25, 0.3) is 5.91 Å². The van der Waals surface area contributed by atoms with E-state index in [1.807, 2.05) is 44.2 Å². The van der Waals surface area contributed by atoms with Crippen molar-refractivity contribution in [3.63, 3.8) is 0 Å². The number of hydrogen-bond acceptors (Lipinski definition) is 3. The van der Waals surface area contributed by atoms with E-state index in [9.17, 15) is 4.79 Å². The number of hydrogen-bond donors (Lipinski definition) is 2. The molecule has 0 radical (unpaired) electrons. The van der Waals surface area contributed by atoms with Gasteiger partial charge in [-0.05, 0) is 56.5 Å². The van der Waals surface area contributed by atoms with Crippen LogP contribution in [0.3, 0.4) is 0 Å². The third kappa shape index (κ3) is 3.91. The van der Waals surface area contributed by atoms with Crippen LogP contribution in [-0.2, 0) is 0 Å². The quantitative estimate of drug-likeness (QED) is 0.673. The molecule has 0 spiro atoms. The van der Waals surface area contributed by atoms with Crippen LogP contribution in [0.5, 0.6) is 0 Å². The Labute approximate surface area is 154 Å². The lowest BCUT2D eigenvalue weighted by molar-refractivity contribution is 0.102. The molecule has 0 bridgehead atoms. The van der Waals surface area contributed by atoms with Crippen LogP contribution < -0.4 is 10.6 Å². The average Bonchev–Trinajstić information content (AvgIpc) is 2.61. The molecule has 0 aliphatic heterocycles. The van der Waals surface area contributed by atoms with Crippen LogP contribution in [-0.4, -0.2) is 10.9 Å². The summed E-state index contributed by atoms with van der Waals surface area (Å²) in [5.74, 6) is -0.167. The van der Waals surface area contributed by atoms with E-state index in [4.69, 9.17) is 0 Å². The van der Waals surface area contributed by atoms with E-state index >= 15 is 0 Å². The summed E-state index contributed by atoms with van der Waals surface area (Å²) in [4.78, 5) is 16.9. The van der Waals surface area contributed by atoms with E-state index in [1.165, 1.54) is 5.56 Å². The minimum atomic E-state index is -0.167. The zero-order valence-electron chi connectivity index (χ0n) is 15.6. The summed E-state index contributed by atoms with van der Waals surface area (Å²) in [5, 5.41) is 6.34. The molecule has 3 aromatic rings. The lowest BCUT2D eigenvalue weighted by atomic mass is 10.1. The molecular formula is C22H23N3O. The highest BCUT2D eigenvalue weighted by molar-refractivity contribution is 6.05. The van der Waals surface area contributed by atoms with E-state index in [0.717, 1.165) is 33.8 Å². The van der Waals surface area contributed by atoms with Gasteiger partial charge in [-0.2, -0.15) is 0 Å². The number of amides is 1. The van der Waals surface area contributed by atoms with Gasteiger partial charge in [-0.3, -0.25) is 9.78 Å². The lowest BCUT2D eigenvalue weighted by Crippen LogP contribution is -2.14. The molecule has 0 saturated carbocycles. The number of aromatic nitrogens is 1. The number of nitrogens with one attached hydrogen (secondary N) is 2. The van der Waals surface area contributed by atoms with Crippen molar-refractivity contribution in [1.29, 1.82) is 0 Å². The topological polar surface area (TPSA) is 54.0 Å². The number of para-hydroxylation sites is 1. The van der Waals surface area contributed by atoms with Gasteiger partial charge in [-0.1, -0.05) is 35.9 Å². The Hall–Kier alpha value is -3.14. The Morgan fingerprint density at radius 3 is 2.31 bits per heavy atom. The van der Waals surface area contributed by atoms with Crippen LogP contribution in [0.25, 0.3) is 0 Å². The molecule has 2 N–H and O–H groups in total. The van der Waals surface area contributed by atoms with Gasteiger partial charge in [-0.15, -0.1) is 0 Å². The summed E-state index contributed by atoms with van der Waals surface area (Å²) in [5.41, 5.74) is 7.60. The summed E-state index contributed by atoms with van der Waals surface area (Å²) in [6, 6.07) is 14.0. The Morgan fingerprint density at radius 2 is 1.62 bits per heavy atom. The van der Waals surface area contributed by atoms with Crippen molar-refractivity contribution in [3.8, 4) is 0 Å². The van der Waals surface area contributed by atoms with Gasteiger partial charge < -0.3 is 10.6 Å². The number of benzene rings is 2. The largest absolute Gasteiger partial charge is 0.354 e. The zero-order valence-corrected chi connectivity index (χ0v) is 15.6. The van der Waals surface area contributed by atoms with Gasteiger partial charge in [0.05, 0.1) is 17.4 Å². The molecule has 0 saturated heterocycles. The summed E-state index contributed by atoms with van der Waals surface area (Å²) >= 11 is 0. The minimum absolute atomic E-state index is 0.167. The first kappa shape index (κ1) is 17.7. The molecule has 0 unspecified atom stereocenters. The third-order valence-corrected chi connectivity index (χ3v) is 4.38. The second kappa shape index (κ2) is 7.40. The number of carbonyl (C=O) groups excluding carboxylic acids is 1. The standard InChI is InChI=1S/C22H23N3O/c1-14-8-9-20(17(4)10-14)24-19-11-18(12-23-13-19)22(26)25-21-15(2)6-5-7-16(21)3/h5-13,24H,1-4H3,(H,25,26). The van der Waals surface area contributed by atoms with Crippen LogP contribution in [0.4, 0.5) is 17.1 Å². The number of anilines is 3. The number of nitrogens with zero attached hydrogens (tertiary/aromatic N) is 1. The molecule has 132 valence electrons. The summed E-state index contributed by atoms with van der Waals surface area (Å²) in [7, 11) is 0. The monoisotopic (exact) mass is 345 g/mol. The van der Waals surface area contributed by atoms with Crippen molar-refractivity contribution in [2.24, 2.45) is 0 Å². The predicted octanol–water partition coefficient (Wildman–Crippen LogP) is 5.31. The van der Waals surface area contributed by atoms with Gasteiger partial charge in [-0.25, -0.2) is 0 Å². The second-order valence-electron chi connectivity index (χ2n) is 6.63. The van der Waals surface area contributed by atoms with E-state index in [-0.39, 0.29) is 5.91 Å². The lowest BCUT2D eigenvalue weighted by Gasteiger charge is -2.13. The van der Waals surface area contributed by atoms with Crippen molar-refractivity contribution < 1.29 is 4.79 Å². The molecule has 0 atom stereocenters. The van der Waals surface area contributed by atoms with Crippen molar-refractivity contribution in [3.05, 3.63) is 82.7 Å². The maximum Gasteiger partial charge on any atom is 0.257 e. The van der Waals surface area contributed by atoms with Gasteiger partial charge in [0, 0.05) is 17.6 Å². The first-order valence-corrected chi connectivity index (χ1v) is 8.61. The average molecular weight is 345 g/mol. The molecule has 26 heavy (non-hydrogen) atoms. The SMILES string of the molecule is Cc1ccc(Nc2cncc(C(=O)Nc3c(C)cccc3C)c2)c(C)c1. The highest BCUT2D eigenvalue weighted by Gasteiger charge is 2.11. The van der Waals surface area contributed by atoms with Crippen molar-refractivity contribution in [2.45, 2.75) is 27.7 Å². The van der Waals surface area contributed by atoms with E-state index in [1.54, 1.807) is 12.4 Å². The Bertz CT molecular complexity index is 943. The molecule has 2 aromatic carbocycles. The normalized spacial score (nSPS) is 10.5. The molecule has 1 amide bonds. The summed E-state index contributed by atoms with van der Waals surface area (Å²) in [6.45, 7) is 8.09. The smallest absolute Gasteiger partial charge is 0.257 e. The van der Waals surface area contributed by atoms with Gasteiger partial charge in [0.2, 0.25) is 0 Å². The van der Waals surface area contributed by atoms with E-state index in [0.29, 0.717) is 5.56 Å². The fraction of sp³-hybridized carbons (Fsp3) is 0.182. The molecule has 0 fully saturated rings. The fourth-order valence-electron chi connectivity index (χ4n) is 2.94. The van der Waals surface area contributed by atoms with Crippen molar-refractivity contribution in [2.75, 3.05) is 10.6 Å². The van der Waals surface area contributed by atoms with E-state index < -0.39 is 0 Å². The Kier molecular flexibility index (Phi) is 5.03. The Morgan fingerprint density at radius 1 is 0.885 bits per heavy atom. The van der Waals surface area contributed by atoms with Crippen molar-refractivity contribution in [1.82, 2.24) is 4.98 Å². The fourth-order valence-corrected chi connectivity index (χ4v) is 2.94. The van der Waals surface area contributed by atoms with Crippen LogP contribution >= 0.6 is 0 Å². The first-order valence-electron chi connectivity index (χ1n) is 8.61.